The predicted molar refractivity (Wildman–Crippen MR) is 285 cm³/mol. The van der Waals surface area contributed by atoms with Crippen LogP contribution in [0, 0.1) is 0 Å². The van der Waals surface area contributed by atoms with Crippen molar-refractivity contribution < 1.29 is 0 Å². The molecule has 0 saturated carbocycles. The largest absolute Gasteiger partial charge is 0.309 e. The number of hydrogen-bond acceptors (Lipinski definition) is 3. The monoisotopic (exact) mass is 875 g/mol. The fourth-order valence-corrected chi connectivity index (χ4v) is 10.6. The van der Waals surface area contributed by atoms with Gasteiger partial charge in [0.15, 0.2) is 0 Å². The van der Waals surface area contributed by atoms with E-state index in [-0.39, 0.29) is 5.41 Å². The zero-order chi connectivity index (χ0) is 45.9. The molecule has 1 aliphatic rings. The lowest BCUT2D eigenvalue weighted by Crippen LogP contribution is -2.17. The minimum absolute atomic E-state index is 0.168. The van der Waals surface area contributed by atoms with Crippen molar-refractivity contribution in [1.82, 2.24) is 19.1 Å². The zero-order valence-electron chi connectivity index (χ0n) is 38.6. The van der Waals surface area contributed by atoms with Gasteiger partial charge in [-0.25, -0.2) is 9.97 Å². The molecule has 68 heavy (non-hydrogen) atoms. The van der Waals surface area contributed by atoms with Gasteiger partial charge in [0.05, 0.1) is 50.5 Å². The first-order valence-corrected chi connectivity index (χ1v) is 23.7. The lowest BCUT2D eigenvalue weighted by Gasteiger charge is -2.27. The van der Waals surface area contributed by atoms with Gasteiger partial charge in [-0.1, -0.05) is 185 Å². The Kier molecular flexibility index (Phi) is 9.88. The maximum Gasteiger partial charge on any atom is 0.235 e. The van der Waals surface area contributed by atoms with Gasteiger partial charge in [-0.3, -0.25) is 4.90 Å². The fourth-order valence-electron chi connectivity index (χ4n) is 10.6. The van der Waals surface area contributed by atoms with E-state index in [9.17, 15) is 0 Å². The Morgan fingerprint density at radius 1 is 0.397 bits per heavy atom. The molecule has 3 heterocycles. The van der Waals surface area contributed by atoms with E-state index >= 15 is 0 Å². The first-order chi connectivity index (χ1) is 33.5. The van der Waals surface area contributed by atoms with E-state index < -0.39 is 0 Å². The van der Waals surface area contributed by atoms with Gasteiger partial charge in [-0.15, -0.1) is 0 Å². The van der Waals surface area contributed by atoms with Crippen LogP contribution in [0.3, 0.4) is 0 Å². The van der Waals surface area contributed by atoms with Gasteiger partial charge in [-0.05, 0) is 89.0 Å². The van der Waals surface area contributed by atoms with Crippen molar-refractivity contribution in [3.63, 3.8) is 0 Å². The maximum atomic E-state index is 5.52. The molecule has 0 unspecified atom stereocenters. The summed E-state index contributed by atoms with van der Waals surface area (Å²) in [6, 6.07) is 80.6. The lowest BCUT2D eigenvalue weighted by atomic mass is 9.82. The molecule has 9 aromatic carbocycles. The molecule has 0 radical (unpaired) electrons. The Bertz CT molecular complexity index is 3790. The van der Waals surface area contributed by atoms with E-state index in [2.05, 4.69) is 240 Å². The second-order valence-electron chi connectivity index (χ2n) is 17.8. The molecule has 3 aromatic heterocycles. The van der Waals surface area contributed by atoms with Crippen molar-refractivity contribution in [3.8, 4) is 45.0 Å². The molecule has 5 nitrogen and oxygen atoms in total. The van der Waals surface area contributed by atoms with Gasteiger partial charge in [0.1, 0.15) is 0 Å². The average Bonchev–Trinajstić information content (AvgIpc) is 3.99. The molecular weight excluding hydrogens is 827 g/mol. The first kappa shape index (κ1) is 40.9. The van der Waals surface area contributed by atoms with Crippen LogP contribution in [0.15, 0.2) is 224 Å². The highest BCUT2D eigenvalue weighted by atomic mass is 15.3. The van der Waals surface area contributed by atoms with E-state index in [4.69, 9.17) is 9.97 Å². The Morgan fingerprint density at radius 2 is 0.926 bits per heavy atom. The molecule has 1 aliphatic carbocycles. The number of nitrogens with zero attached hydrogens (tertiary/aromatic N) is 5. The molecule has 0 N–H and O–H groups in total. The van der Waals surface area contributed by atoms with E-state index in [0.29, 0.717) is 5.95 Å². The molecule has 0 saturated heterocycles. The molecule has 0 bridgehead atoms. The summed E-state index contributed by atoms with van der Waals surface area (Å²) in [5.74, 6) is 0.572. The first-order valence-electron chi connectivity index (χ1n) is 23.7. The molecule has 12 aromatic rings. The minimum atomic E-state index is -0.168. The van der Waals surface area contributed by atoms with Gasteiger partial charge in [0.25, 0.3) is 0 Å². The standard InChI is InChI=1S/C61H43N5.C2H6/c1-61(2)50-29-15-12-26-44(50)48-37-49-46-28-14-17-31-55(46)66(59(49)38-51(48)61)57-33-19-18-32-56(57)65(60-62-52(40-20-6-3-7-21-40)39-53(63-60)41-22-8-4-9-23-41)43-34-35-47-45-27-13-16-30-54(45)64(58(47)36-43)42-24-10-5-11-25-42;1-2/h3-39H,1-2H3;1-2H3. The smallest absolute Gasteiger partial charge is 0.235 e. The summed E-state index contributed by atoms with van der Waals surface area (Å²) < 4.78 is 4.84. The van der Waals surface area contributed by atoms with Crippen LogP contribution in [0.5, 0.6) is 0 Å². The number of rotatable bonds is 7. The third-order valence-electron chi connectivity index (χ3n) is 13.7. The van der Waals surface area contributed by atoms with Crippen molar-refractivity contribution in [2.45, 2.75) is 33.1 Å². The topological polar surface area (TPSA) is 38.9 Å². The molecule has 0 atom stereocenters. The van der Waals surface area contributed by atoms with Crippen LogP contribution in [0.2, 0.25) is 0 Å². The van der Waals surface area contributed by atoms with E-state index in [1.54, 1.807) is 0 Å². The Labute approximate surface area is 396 Å². The molecular formula is C63H49N5. The average molecular weight is 876 g/mol. The second-order valence-corrected chi connectivity index (χ2v) is 17.8. The molecule has 0 aliphatic heterocycles. The van der Waals surface area contributed by atoms with Crippen molar-refractivity contribution >= 4 is 60.9 Å². The van der Waals surface area contributed by atoms with Crippen LogP contribution in [-0.4, -0.2) is 19.1 Å². The Morgan fingerprint density at radius 3 is 1.62 bits per heavy atom. The number of benzene rings is 9. The summed E-state index contributed by atoms with van der Waals surface area (Å²) in [5, 5.41) is 4.81. The van der Waals surface area contributed by atoms with Crippen LogP contribution < -0.4 is 4.90 Å². The number of fused-ring (bicyclic) bond motifs is 9. The summed E-state index contributed by atoms with van der Waals surface area (Å²) in [7, 11) is 0. The highest BCUT2D eigenvalue weighted by Gasteiger charge is 2.36. The molecule has 0 spiro atoms. The van der Waals surface area contributed by atoms with Crippen molar-refractivity contribution in [2.24, 2.45) is 0 Å². The normalized spacial score (nSPS) is 12.5. The molecule has 0 fully saturated rings. The van der Waals surface area contributed by atoms with Crippen LogP contribution in [0.25, 0.3) is 88.6 Å². The van der Waals surface area contributed by atoms with Crippen molar-refractivity contribution in [2.75, 3.05) is 4.90 Å². The summed E-state index contributed by atoms with van der Waals surface area (Å²) in [4.78, 5) is 13.3. The molecule has 0 amide bonds. The Balaban J connectivity index is 0.00000237. The van der Waals surface area contributed by atoms with Crippen LogP contribution in [-0.2, 0) is 5.41 Å². The number of para-hydroxylation sites is 5. The highest BCUT2D eigenvalue weighted by molar-refractivity contribution is 6.13. The van der Waals surface area contributed by atoms with Gasteiger partial charge < -0.3 is 9.13 Å². The summed E-state index contributed by atoms with van der Waals surface area (Å²) in [5.41, 5.74) is 17.4. The van der Waals surface area contributed by atoms with Crippen LogP contribution >= 0.6 is 0 Å². The third kappa shape index (κ3) is 6.45. The fraction of sp³-hybridized carbons (Fsp3) is 0.0794. The minimum Gasteiger partial charge on any atom is -0.309 e. The lowest BCUT2D eigenvalue weighted by molar-refractivity contribution is 0.661. The van der Waals surface area contributed by atoms with Crippen molar-refractivity contribution in [1.29, 1.82) is 0 Å². The Hall–Kier alpha value is -8.54. The number of hydrogen-bond donors (Lipinski definition) is 0. The molecule has 5 heteroatoms. The van der Waals surface area contributed by atoms with E-state index in [1.165, 1.54) is 43.8 Å². The van der Waals surface area contributed by atoms with Crippen molar-refractivity contribution in [3.05, 3.63) is 236 Å². The van der Waals surface area contributed by atoms with Gasteiger partial charge in [-0.2, -0.15) is 0 Å². The van der Waals surface area contributed by atoms with Gasteiger partial charge in [0.2, 0.25) is 5.95 Å². The zero-order valence-corrected chi connectivity index (χ0v) is 38.6. The second kappa shape index (κ2) is 16.4. The highest BCUT2D eigenvalue weighted by Crippen LogP contribution is 2.52. The molecule has 326 valence electrons. The SMILES string of the molecule is CC.CC1(C)c2ccccc2-c2cc3c4ccccc4n(-c4ccccc4N(c4ccc5c6ccccc6n(-c6ccccc6)c5c4)c4nc(-c5ccccc5)cc(-c5ccccc5)n4)c3cc21. The van der Waals surface area contributed by atoms with Gasteiger partial charge in [0, 0.05) is 43.8 Å². The van der Waals surface area contributed by atoms with E-state index in [1.807, 2.05) is 26.0 Å². The van der Waals surface area contributed by atoms with Gasteiger partial charge >= 0.3 is 0 Å². The number of anilines is 3. The summed E-state index contributed by atoms with van der Waals surface area (Å²) in [6.07, 6.45) is 0. The quantitative estimate of drug-likeness (QED) is 0.160. The predicted octanol–water partition coefficient (Wildman–Crippen LogP) is 16.8. The summed E-state index contributed by atoms with van der Waals surface area (Å²) >= 11 is 0. The van der Waals surface area contributed by atoms with Crippen LogP contribution in [0.4, 0.5) is 17.3 Å². The van der Waals surface area contributed by atoms with E-state index in [0.717, 1.165) is 67.3 Å². The third-order valence-corrected chi connectivity index (χ3v) is 13.7. The molecule has 13 rings (SSSR count). The maximum absolute atomic E-state index is 5.52. The van der Waals surface area contributed by atoms with Crippen LogP contribution in [0.1, 0.15) is 38.8 Å². The number of aromatic nitrogens is 4. The summed E-state index contributed by atoms with van der Waals surface area (Å²) in [6.45, 7) is 8.72.